The number of nitrogens with zero attached hydrogens (tertiary/aromatic N) is 2. The van der Waals surface area contributed by atoms with Crippen LogP contribution in [0.15, 0.2) is 24.2 Å². The fraction of sp³-hybridized carbons (Fsp3) is 0.600. The largest absolute Gasteiger partial charge is 0.481 e. The molecule has 2 N–H and O–H groups in total. The molecular formula is C15H23N3O2. The highest BCUT2D eigenvalue weighted by Crippen LogP contribution is 2.35. The quantitative estimate of drug-likeness (QED) is 0.811. The van der Waals surface area contributed by atoms with Gasteiger partial charge in [0.25, 0.3) is 0 Å². The number of aliphatic carboxylic acids is 1. The maximum absolute atomic E-state index is 11.8. The normalized spacial score (nSPS) is 23.5. The van der Waals surface area contributed by atoms with Gasteiger partial charge in [-0.3, -0.25) is 9.69 Å². The third-order valence-corrected chi connectivity index (χ3v) is 3.96. The Morgan fingerprint density at radius 1 is 1.60 bits per heavy atom. The second-order valence-electron chi connectivity index (χ2n) is 5.96. The van der Waals surface area contributed by atoms with Crippen LogP contribution in [0.25, 0.3) is 0 Å². The molecule has 1 aliphatic rings. The van der Waals surface area contributed by atoms with Gasteiger partial charge < -0.3 is 10.1 Å². The minimum Gasteiger partial charge on any atom is -0.481 e. The van der Waals surface area contributed by atoms with Gasteiger partial charge in [-0.15, -0.1) is 0 Å². The molecule has 0 bridgehead atoms. The molecule has 110 valence electrons. The van der Waals surface area contributed by atoms with Crippen LogP contribution >= 0.6 is 0 Å². The third kappa shape index (κ3) is 3.48. The topological polar surface area (TPSA) is 69.2 Å². The summed E-state index contributed by atoms with van der Waals surface area (Å²) in [5.41, 5.74) is 1.57. The number of aromatic amines is 1. The summed E-state index contributed by atoms with van der Waals surface area (Å²) in [4.78, 5) is 21.1. The van der Waals surface area contributed by atoms with E-state index in [0.717, 1.165) is 31.6 Å². The van der Waals surface area contributed by atoms with E-state index in [9.17, 15) is 9.90 Å². The molecule has 5 heteroatoms. The number of hydrogen-bond acceptors (Lipinski definition) is 3. The molecule has 0 radical (unpaired) electrons. The average Bonchev–Trinajstić information content (AvgIpc) is 2.89. The van der Waals surface area contributed by atoms with Crippen LogP contribution in [0.1, 0.15) is 38.8 Å². The number of carboxylic acid groups (broad SMARTS) is 1. The van der Waals surface area contributed by atoms with E-state index in [1.54, 1.807) is 12.5 Å². The van der Waals surface area contributed by atoms with Crippen molar-refractivity contribution in [1.29, 1.82) is 0 Å². The number of likely N-dealkylation sites (tertiary alicyclic amines) is 1. The summed E-state index contributed by atoms with van der Waals surface area (Å²) in [6.45, 7) is 6.32. The molecule has 1 saturated heterocycles. The first-order valence-corrected chi connectivity index (χ1v) is 7.08. The molecule has 0 aromatic carbocycles. The van der Waals surface area contributed by atoms with Crippen LogP contribution in [0.4, 0.5) is 0 Å². The Labute approximate surface area is 119 Å². The van der Waals surface area contributed by atoms with Gasteiger partial charge in [-0.05, 0) is 39.7 Å². The molecule has 1 aromatic rings. The lowest BCUT2D eigenvalue weighted by Gasteiger charge is -2.39. The summed E-state index contributed by atoms with van der Waals surface area (Å²) in [5.74, 6) is -0.677. The van der Waals surface area contributed by atoms with Gasteiger partial charge in [0.05, 0.1) is 11.7 Å². The minimum atomic E-state index is -0.677. The molecule has 20 heavy (non-hydrogen) atoms. The van der Waals surface area contributed by atoms with Crippen molar-refractivity contribution in [3.63, 3.8) is 0 Å². The zero-order valence-corrected chi connectivity index (χ0v) is 12.2. The molecule has 0 spiro atoms. The predicted molar refractivity (Wildman–Crippen MR) is 77.2 cm³/mol. The first-order chi connectivity index (χ1) is 9.52. The summed E-state index contributed by atoms with van der Waals surface area (Å²) in [6, 6.07) is 0. The number of carbonyl (C=O) groups is 1. The zero-order chi connectivity index (χ0) is 14.6. The zero-order valence-electron chi connectivity index (χ0n) is 12.2. The van der Waals surface area contributed by atoms with Crippen LogP contribution in [0, 0.1) is 5.41 Å². The molecule has 2 heterocycles. The highest BCUT2D eigenvalue weighted by molar-refractivity contribution is 5.75. The lowest BCUT2D eigenvalue weighted by Crippen LogP contribution is -2.47. The van der Waals surface area contributed by atoms with Gasteiger partial charge >= 0.3 is 5.97 Å². The smallest absolute Gasteiger partial charge is 0.311 e. The van der Waals surface area contributed by atoms with Crippen molar-refractivity contribution >= 4 is 5.97 Å². The second kappa shape index (κ2) is 6.22. The number of H-pyrrole nitrogens is 1. The first-order valence-electron chi connectivity index (χ1n) is 7.08. The van der Waals surface area contributed by atoms with Crippen molar-refractivity contribution in [3.05, 3.63) is 29.9 Å². The minimum absolute atomic E-state index is 0.602. The Morgan fingerprint density at radius 2 is 2.40 bits per heavy atom. The molecule has 0 amide bonds. The number of allylic oxidation sites excluding steroid dienone is 2. The maximum atomic E-state index is 11.8. The van der Waals surface area contributed by atoms with E-state index in [2.05, 4.69) is 14.9 Å². The van der Waals surface area contributed by atoms with E-state index < -0.39 is 11.4 Å². The first kappa shape index (κ1) is 14.8. The van der Waals surface area contributed by atoms with Crippen LogP contribution in [-0.4, -0.2) is 39.0 Å². The van der Waals surface area contributed by atoms with E-state index in [1.165, 1.54) is 5.57 Å². The van der Waals surface area contributed by atoms with Crippen molar-refractivity contribution in [2.24, 2.45) is 5.41 Å². The monoisotopic (exact) mass is 277 g/mol. The van der Waals surface area contributed by atoms with Crippen LogP contribution < -0.4 is 0 Å². The number of carboxylic acids is 1. The van der Waals surface area contributed by atoms with Gasteiger partial charge in [-0.1, -0.05) is 11.6 Å². The summed E-state index contributed by atoms with van der Waals surface area (Å²) < 4.78 is 0. The number of hydrogen-bond donors (Lipinski definition) is 2. The predicted octanol–water partition coefficient (Wildman–Crippen LogP) is 2.43. The molecule has 1 atom stereocenters. The van der Waals surface area contributed by atoms with Gasteiger partial charge in [0.15, 0.2) is 0 Å². The van der Waals surface area contributed by atoms with Crippen molar-refractivity contribution < 1.29 is 9.90 Å². The van der Waals surface area contributed by atoms with Crippen LogP contribution in [0.2, 0.25) is 0 Å². The molecule has 0 saturated carbocycles. The second-order valence-corrected chi connectivity index (χ2v) is 5.96. The fourth-order valence-electron chi connectivity index (χ4n) is 2.80. The van der Waals surface area contributed by atoms with Crippen molar-refractivity contribution in [2.75, 3.05) is 13.1 Å². The van der Waals surface area contributed by atoms with E-state index in [4.69, 9.17) is 0 Å². The number of aromatic nitrogens is 2. The molecular weight excluding hydrogens is 254 g/mol. The average molecular weight is 277 g/mol. The molecule has 1 aromatic heterocycles. The van der Waals surface area contributed by atoms with Gasteiger partial charge in [0.2, 0.25) is 0 Å². The summed E-state index contributed by atoms with van der Waals surface area (Å²) >= 11 is 0. The molecule has 1 fully saturated rings. The van der Waals surface area contributed by atoms with E-state index in [0.29, 0.717) is 13.0 Å². The highest BCUT2D eigenvalue weighted by atomic mass is 16.4. The van der Waals surface area contributed by atoms with Crippen LogP contribution in [0.3, 0.4) is 0 Å². The van der Waals surface area contributed by atoms with Gasteiger partial charge in [-0.2, -0.15) is 0 Å². The SMILES string of the molecule is CC(C)=CC[C@@]1(C(=O)O)CCCN(Cc2cnc[nH]2)C1. The summed E-state index contributed by atoms with van der Waals surface area (Å²) in [5, 5.41) is 9.67. The number of imidazole rings is 1. The Hall–Kier alpha value is -1.62. The lowest BCUT2D eigenvalue weighted by molar-refractivity contribution is -0.152. The molecule has 5 nitrogen and oxygen atoms in total. The van der Waals surface area contributed by atoms with E-state index in [-0.39, 0.29) is 0 Å². The number of rotatable bonds is 5. The summed E-state index contributed by atoms with van der Waals surface area (Å²) in [6.07, 6.45) is 7.81. The van der Waals surface area contributed by atoms with Crippen LogP contribution in [-0.2, 0) is 11.3 Å². The Morgan fingerprint density at radius 3 is 3.00 bits per heavy atom. The Balaban J connectivity index is 2.08. The summed E-state index contributed by atoms with van der Waals surface area (Å²) in [7, 11) is 0. The standard InChI is InChI=1S/C15H23N3O2/c1-12(2)4-6-15(14(19)20)5-3-7-18(10-15)9-13-8-16-11-17-13/h4,8,11H,3,5-7,9-10H2,1-2H3,(H,16,17)(H,19,20)/t15-/m0/s1. The number of nitrogens with one attached hydrogen (secondary N) is 1. The van der Waals surface area contributed by atoms with E-state index in [1.807, 2.05) is 19.9 Å². The Kier molecular flexibility index (Phi) is 4.60. The lowest BCUT2D eigenvalue weighted by atomic mass is 9.76. The molecule has 1 aliphatic heterocycles. The van der Waals surface area contributed by atoms with Crippen molar-refractivity contribution in [3.8, 4) is 0 Å². The molecule has 0 unspecified atom stereocenters. The van der Waals surface area contributed by atoms with Crippen LogP contribution in [0.5, 0.6) is 0 Å². The van der Waals surface area contributed by atoms with Gasteiger partial charge in [0, 0.05) is 25.0 Å². The van der Waals surface area contributed by atoms with Gasteiger partial charge in [0.1, 0.15) is 0 Å². The van der Waals surface area contributed by atoms with Crippen molar-refractivity contribution in [1.82, 2.24) is 14.9 Å². The highest BCUT2D eigenvalue weighted by Gasteiger charge is 2.41. The third-order valence-electron chi connectivity index (χ3n) is 3.96. The molecule has 0 aliphatic carbocycles. The maximum Gasteiger partial charge on any atom is 0.311 e. The van der Waals surface area contributed by atoms with Crippen molar-refractivity contribution in [2.45, 2.75) is 39.7 Å². The Bertz CT molecular complexity index is 477. The van der Waals surface area contributed by atoms with Gasteiger partial charge in [-0.25, -0.2) is 4.98 Å². The van der Waals surface area contributed by atoms with E-state index >= 15 is 0 Å². The fourth-order valence-corrected chi connectivity index (χ4v) is 2.80. The number of piperidine rings is 1. The molecule has 2 rings (SSSR count).